The van der Waals surface area contributed by atoms with Gasteiger partial charge < -0.3 is 20.3 Å². The van der Waals surface area contributed by atoms with Gasteiger partial charge >= 0.3 is 0 Å². The highest BCUT2D eigenvalue weighted by Crippen LogP contribution is 2.24. The highest BCUT2D eigenvalue weighted by atomic mass is 16.5. The van der Waals surface area contributed by atoms with E-state index in [4.69, 9.17) is 9.84 Å². The molecule has 1 saturated heterocycles. The molecule has 1 aromatic heterocycles. The van der Waals surface area contributed by atoms with E-state index < -0.39 is 5.60 Å². The van der Waals surface area contributed by atoms with E-state index in [9.17, 15) is 5.11 Å². The summed E-state index contributed by atoms with van der Waals surface area (Å²) < 4.78 is 6.95. The Morgan fingerprint density at radius 2 is 2.50 bits per heavy atom. The van der Waals surface area contributed by atoms with E-state index in [0.29, 0.717) is 32.7 Å². The van der Waals surface area contributed by atoms with Gasteiger partial charge in [-0.1, -0.05) is 5.21 Å². The zero-order valence-electron chi connectivity index (χ0n) is 10.5. The molecular formula is C11H20N4O3. The molecule has 7 nitrogen and oxygen atoms in total. The lowest BCUT2D eigenvalue weighted by Crippen LogP contribution is -2.45. The summed E-state index contributed by atoms with van der Waals surface area (Å²) in [6, 6.07) is 0. The van der Waals surface area contributed by atoms with Crippen molar-refractivity contribution in [1.29, 1.82) is 0 Å². The Bertz CT molecular complexity index is 384. The first-order valence-corrected chi connectivity index (χ1v) is 6.18. The van der Waals surface area contributed by atoms with Crippen LogP contribution < -0.4 is 5.32 Å². The molecule has 0 saturated carbocycles. The Labute approximate surface area is 106 Å². The van der Waals surface area contributed by atoms with Gasteiger partial charge in [-0.2, -0.15) is 0 Å². The summed E-state index contributed by atoms with van der Waals surface area (Å²) in [6.45, 7) is 3.99. The monoisotopic (exact) mass is 256 g/mol. The minimum atomic E-state index is -0.791. The molecule has 0 bridgehead atoms. The fourth-order valence-electron chi connectivity index (χ4n) is 2.04. The fraction of sp³-hybridized carbons (Fsp3) is 0.818. The van der Waals surface area contributed by atoms with E-state index in [2.05, 4.69) is 15.6 Å². The first-order valence-electron chi connectivity index (χ1n) is 6.18. The Balaban J connectivity index is 1.77. The van der Waals surface area contributed by atoms with Crippen molar-refractivity contribution in [3.05, 3.63) is 11.9 Å². The molecule has 1 aliphatic heterocycles. The molecule has 18 heavy (non-hydrogen) atoms. The van der Waals surface area contributed by atoms with Crippen molar-refractivity contribution in [2.45, 2.75) is 38.1 Å². The SMILES string of the molecule is CC1OCCC1(O)CNCc1cn(CCO)nn1. The minimum absolute atomic E-state index is 0.0465. The number of hydrogen-bond donors (Lipinski definition) is 3. The first-order chi connectivity index (χ1) is 8.64. The molecule has 1 fully saturated rings. The van der Waals surface area contributed by atoms with Crippen LogP contribution in [0.2, 0.25) is 0 Å². The quantitative estimate of drug-likeness (QED) is 0.598. The molecular weight excluding hydrogens is 236 g/mol. The van der Waals surface area contributed by atoms with Gasteiger partial charge in [-0.15, -0.1) is 5.10 Å². The molecule has 2 unspecified atom stereocenters. The van der Waals surface area contributed by atoms with Crippen molar-refractivity contribution < 1.29 is 14.9 Å². The zero-order valence-corrected chi connectivity index (χ0v) is 10.5. The molecule has 0 aromatic carbocycles. The third-order valence-corrected chi connectivity index (χ3v) is 3.31. The number of ether oxygens (including phenoxy) is 1. The predicted octanol–water partition coefficient (Wildman–Crippen LogP) is -1.10. The highest BCUT2D eigenvalue weighted by molar-refractivity contribution is 4.95. The average Bonchev–Trinajstić information content (AvgIpc) is 2.89. The lowest BCUT2D eigenvalue weighted by molar-refractivity contribution is -0.0263. The van der Waals surface area contributed by atoms with Gasteiger partial charge in [0.25, 0.3) is 0 Å². The summed E-state index contributed by atoms with van der Waals surface area (Å²) >= 11 is 0. The minimum Gasteiger partial charge on any atom is -0.394 e. The van der Waals surface area contributed by atoms with Gasteiger partial charge in [-0.3, -0.25) is 0 Å². The maximum absolute atomic E-state index is 10.3. The Hall–Kier alpha value is -1.02. The average molecular weight is 256 g/mol. The Morgan fingerprint density at radius 1 is 1.67 bits per heavy atom. The van der Waals surface area contributed by atoms with Crippen LogP contribution in [0.25, 0.3) is 0 Å². The van der Waals surface area contributed by atoms with Crippen LogP contribution in [0.4, 0.5) is 0 Å². The normalized spacial score (nSPS) is 27.8. The van der Waals surface area contributed by atoms with Crippen molar-refractivity contribution >= 4 is 0 Å². The van der Waals surface area contributed by atoms with Gasteiger partial charge in [0.05, 0.1) is 24.9 Å². The second-order valence-electron chi connectivity index (χ2n) is 4.67. The van der Waals surface area contributed by atoms with Gasteiger partial charge in [0.15, 0.2) is 0 Å². The molecule has 102 valence electrons. The summed E-state index contributed by atoms with van der Waals surface area (Å²) in [5.41, 5.74) is -0.000195. The lowest BCUT2D eigenvalue weighted by Gasteiger charge is -2.26. The van der Waals surface area contributed by atoms with E-state index in [1.54, 1.807) is 10.9 Å². The van der Waals surface area contributed by atoms with Gasteiger partial charge in [0.1, 0.15) is 5.60 Å². The molecule has 0 spiro atoms. The van der Waals surface area contributed by atoms with Gasteiger partial charge in [-0.05, 0) is 6.92 Å². The number of nitrogens with zero attached hydrogens (tertiary/aromatic N) is 3. The topological polar surface area (TPSA) is 92.4 Å². The highest BCUT2D eigenvalue weighted by Gasteiger charge is 2.38. The van der Waals surface area contributed by atoms with E-state index in [1.807, 2.05) is 6.92 Å². The number of hydrogen-bond acceptors (Lipinski definition) is 6. The molecule has 2 atom stereocenters. The Morgan fingerprint density at radius 3 is 3.17 bits per heavy atom. The van der Waals surface area contributed by atoms with Crippen molar-refractivity contribution in [2.75, 3.05) is 19.8 Å². The summed E-state index contributed by atoms with van der Waals surface area (Å²) in [4.78, 5) is 0. The number of aromatic nitrogens is 3. The van der Waals surface area contributed by atoms with Crippen molar-refractivity contribution in [3.63, 3.8) is 0 Å². The largest absolute Gasteiger partial charge is 0.394 e. The van der Waals surface area contributed by atoms with Crippen LogP contribution in [0, 0.1) is 0 Å². The maximum atomic E-state index is 10.3. The first kappa shape index (κ1) is 13.4. The zero-order chi connectivity index (χ0) is 13.0. The van der Waals surface area contributed by atoms with E-state index in [-0.39, 0.29) is 12.7 Å². The van der Waals surface area contributed by atoms with Crippen LogP contribution in [0.5, 0.6) is 0 Å². The van der Waals surface area contributed by atoms with Gasteiger partial charge in [0, 0.05) is 32.3 Å². The summed E-state index contributed by atoms with van der Waals surface area (Å²) in [5, 5.41) is 30.0. The molecule has 7 heteroatoms. The second-order valence-corrected chi connectivity index (χ2v) is 4.67. The molecule has 0 radical (unpaired) electrons. The fourth-order valence-corrected chi connectivity index (χ4v) is 2.04. The van der Waals surface area contributed by atoms with Crippen LogP contribution in [-0.2, 0) is 17.8 Å². The Kier molecular flexibility index (Phi) is 4.28. The molecule has 0 amide bonds. The molecule has 0 aliphatic carbocycles. The van der Waals surface area contributed by atoms with Gasteiger partial charge in [-0.25, -0.2) is 4.68 Å². The standard InChI is InChI=1S/C11H20N4O3/c1-9-11(17,2-5-18-9)8-12-6-10-7-15(3-4-16)14-13-10/h7,9,12,16-17H,2-6,8H2,1H3. The smallest absolute Gasteiger partial charge is 0.105 e. The van der Waals surface area contributed by atoms with Crippen LogP contribution in [0.1, 0.15) is 19.0 Å². The number of nitrogens with one attached hydrogen (secondary N) is 1. The summed E-state index contributed by atoms with van der Waals surface area (Å²) in [7, 11) is 0. The molecule has 1 aliphatic rings. The van der Waals surface area contributed by atoms with E-state index in [1.165, 1.54) is 0 Å². The predicted molar refractivity (Wildman–Crippen MR) is 63.8 cm³/mol. The molecule has 2 heterocycles. The van der Waals surface area contributed by atoms with Crippen LogP contribution in [-0.4, -0.2) is 56.7 Å². The van der Waals surface area contributed by atoms with Crippen molar-refractivity contribution in [2.24, 2.45) is 0 Å². The van der Waals surface area contributed by atoms with Crippen molar-refractivity contribution in [3.8, 4) is 0 Å². The molecule has 1 aromatic rings. The van der Waals surface area contributed by atoms with E-state index in [0.717, 1.165) is 5.69 Å². The van der Waals surface area contributed by atoms with Crippen LogP contribution in [0.3, 0.4) is 0 Å². The number of aliphatic hydroxyl groups is 2. The number of rotatable bonds is 6. The van der Waals surface area contributed by atoms with Gasteiger partial charge in [0.2, 0.25) is 0 Å². The third kappa shape index (κ3) is 3.05. The molecule has 3 N–H and O–H groups in total. The summed E-state index contributed by atoms with van der Waals surface area (Å²) in [6.07, 6.45) is 2.29. The van der Waals surface area contributed by atoms with Crippen LogP contribution >= 0.6 is 0 Å². The third-order valence-electron chi connectivity index (χ3n) is 3.31. The van der Waals surface area contributed by atoms with Crippen molar-refractivity contribution in [1.82, 2.24) is 20.3 Å². The number of aliphatic hydroxyl groups excluding tert-OH is 1. The lowest BCUT2D eigenvalue weighted by atomic mass is 9.97. The summed E-state index contributed by atoms with van der Waals surface area (Å²) in [5.74, 6) is 0. The second kappa shape index (κ2) is 5.75. The molecule has 2 rings (SSSR count). The van der Waals surface area contributed by atoms with E-state index >= 15 is 0 Å². The van der Waals surface area contributed by atoms with Crippen LogP contribution in [0.15, 0.2) is 6.20 Å². The maximum Gasteiger partial charge on any atom is 0.105 e.